The zero-order valence-electron chi connectivity index (χ0n) is 40.8. The molecule has 0 radical (unpaired) electrons. The molecule has 2 aliphatic heterocycles. The van der Waals surface area contributed by atoms with Gasteiger partial charge in [0.25, 0.3) is 5.91 Å². The highest BCUT2D eigenvalue weighted by Gasteiger charge is 2.30. The molecule has 2 amide bonds. The number of carbonyl (C=O) groups is 2. The molecular formula is C52H72F3N5O10S. The van der Waals surface area contributed by atoms with Gasteiger partial charge in [-0.1, -0.05) is 35.9 Å². The number of hydrogen-bond acceptors (Lipinski definition) is 14. The zero-order valence-corrected chi connectivity index (χ0v) is 41.6. The number of halogens is 3. The molecule has 2 heterocycles. The number of anilines is 2. The van der Waals surface area contributed by atoms with Crippen LogP contribution in [-0.2, 0) is 56.4 Å². The fourth-order valence-electron chi connectivity index (χ4n) is 7.55. The van der Waals surface area contributed by atoms with Crippen LogP contribution in [-0.4, -0.2) is 160 Å². The molecule has 3 aromatic rings. The summed E-state index contributed by atoms with van der Waals surface area (Å²) in [4.78, 5) is 33.5. The highest BCUT2D eigenvalue weighted by molar-refractivity contribution is 7.98. The van der Waals surface area contributed by atoms with Crippen LogP contribution in [0.1, 0.15) is 64.7 Å². The molecule has 1 saturated heterocycles. The van der Waals surface area contributed by atoms with Crippen molar-refractivity contribution in [2.24, 2.45) is 4.99 Å². The van der Waals surface area contributed by atoms with Crippen LogP contribution in [0.4, 0.5) is 24.5 Å². The fourth-order valence-corrected chi connectivity index (χ4v) is 8.44. The fraction of sp³-hybridized carbons (Fsp3) is 0.558. The maximum atomic E-state index is 13.8. The first-order valence-electron chi connectivity index (χ1n) is 24.6. The number of rotatable bonds is 36. The molecule has 0 bridgehead atoms. The molecule has 0 spiro atoms. The van der Waals surface area contributed by atoms with Crippen LogP contribution in [0.15, 0.2) is 83.4 Å². The topological polar surface area (TPSA) is 171 Å². The summed E-state index contributed by atoms with van der Waals surface area (Å²) in [6.45, 7) is 9.81. The average molecular weight is 1020 g/mol. The molecule has 3 aromatic carbocycles. The number of carbonyl (C=O) groups excluding carboxylic acids is 2. The van der Waals surface area contributed by atoms with Crippen molar-refractivity contribution >= 4 is 40.7 Å². The third-order valence-corrected chi connectivity index (χ3v) is 12.2. The molecule has 0 aliphatic carbocycles. The van der Waals surface area contributed by atoms with Gasteiger partial charge in [0.05, 0.1) is 116 Å². The lowest BCUT2D eigenvalue weighted by molar-refractivity contribution is -0.137. The molecule has 5 rings (SSSR count). The lowest BCUT2D eigenvalue weighted by Gasteiger charge is -2.29. The van der Waals surface area contributed by atoms with Gasteiger partial charge in [0.2, 0.25) is 5.91 Å². The van der Waals surface area contributed by atoms with Gasteiger partial charge in [-0.3, -0.25) is 14.6 Å². The van der Waals surface area contributed by atoms with E-state index in [0.29, 0.717) is 160 Å². The quantitative estimate of drug-likeness (QED) is 0.0454. The van der Waals surface area contributed by atoms with Crippen molar-refractivity contribution in [3.8, 4) is 0 Å². The van der Waals surface area contributed by atoms with Crippen LogP contribution >= 0.6 is 11.8 Å². The molecule has 0 saturated carbocycles. The lowest BCUT2D eigenvalue weighted by atomic mass is 9.99. The number of aliphatic hydroxyl groups excluding tert-OH is 1. The number of aliphatic hydroxyl groups is 1. The highest BCUT2D eigenvalue weighted by Crippen LogP contribution is 2.31. The smallest absolute Gasteiger partial charge is 0.394 e. The van der Waals surface area contributed by atoms with Crippen LogP contribution in [0.3, 0.4) is 0 Å². The SMILES string of the molecule is O=C(CCSCc1cccc(C(=O)Nc2ccc(N3CCCCC3)cc2C2=NCCC(CNCc3cccc(C(F)(F)F)c3)=C2)c1)NCCOCCOCCOCCOCCOCCOCCOCCO. The normalized spacial score (nSPS) is 14.1. The first-order chi connectivity index (χ1) is 34.7. The Hall–Kier alpha value is -4.41. The van der Waals surface area contributed by atoms with Gasteiger partial charge >= 0.3 is 6.18 Å². The molecule has 4 N–H and O–H groups in total. The summed E-state index contributed by atoms with van der Waals surface area (Å²) in [5, 5.41) is 18.0. The van der Waals surface area contributed by atoms with E-state index in [0.717, 1.165) is 60.1 Å². The Kier molecular flexibility index (Phi) is 27.6. The monoisotopic (exact) mass is 1020 g/mol. The number of hydrogen-bond donors (Lipinski definition) is 4. The van der Waals surface area contributed by atoms with Crippen molar-refractivity contribution < 1.29 is 61.0 Å². The number of thioether (sulfide) groups is 1. The van der Waals surface area contributed by atoms with E-state index in [2.05, 4.69) is 26.9 Å². The number of nitrogens with zero attached hydrogens (tertiary/aromatic N) is 2. The predicted molar refractivity (Wildman–Crippen MR) is 271 cm³/mol. The number of dihydropyridines is 1. The molecule has 0 atom stereocenters. The van der Waals surface area contributed by atoms with Crippen molar-refractivity contribution in [2.45, 2.75) is 50.6 Å². The van der Waals surface area contributed by atoms with Gasteiger partial charge in [-0.05, 0) is 79.3 Å². The molecule has 15 nitrogen and oxygen atoms in total. The number of aliphatic imine (C=N–C) groups is 1. The van der Waals surface area contributed by atoms with Crippen molar-refractivity contribution in [3.05, 3.63) is 106 Å². The van der Waals surface area contributed by atoms with Crippen molar-refractivity contribution in [1.82, 2.24) is 10.6 Å². The Morgan fingerprint density at radius 2 is 1.32 bits per heavy atom. The van der Waals surface area contributed by atoms with E-state index in [1.165, 1.54) is 18.6 Å². The maximum absolute atomic E-state index is 13.8. The molecule has 2 aliphatic rings. The summed E-state index contributed by atoms with van der Waals surface area (Å²) in [5.74, 6) is 0.949. The largest absolute Gasteiger partial charge is 0.416 e. The van der Waals surface area contributed by atoms with Crippen LogP contribution in [0.5, 0.6) is 0 Å². The lowest BCUT2D eigenvalue weighted by Crippen LogP contribution is -2.29. The van der Waals surface area contributed by atoms with Crippen molar-refractivity contribution in [2.75, 3.05) is 148 Å². The third kappa shape index (κ3) is 23.3. The van der Waals surface area contributed by atoms with Gasteiger partial charge in [0.15, 0.2) is 0 Å². The average Bonchev–Trinajstić information content (AvgIpc) is 3.38. The van der Waals surface area contributed by atoms with Gasteiger partial charge in [0, 0.05) is 74.0 Å². The molecule has 392 valence electrons. The van der Waals surface area contributed by atoms with E-state index in [4.69, 9.17) is 43.3 Å². The van der Waals surface area contributed by atoms with Gasteiger partial charge in [-0.25, -0.2) is 0 Å². The predicted octanol–water partition coefficient (Wildman–Crippen LogP) is 6.71. The van der Waals surface area contributed by atoms with Crippen molar-refractivity contribution in [3.63, 3.8) is 0 Å². The van der Waals surface area contributed by atoms with Gasteiger partial charge in [-0.2, -0.15) is 24.9 Å². The van der Waals surface area contributed by atoms with Crippen molar-refractivity contribution in [1.29, 1.82) is 0 Å². The zero-order chi connectivity index (χ0) is 50.2. The first-order valence-corrected chi connectivity index (χ1v) is 25.7. The Morgan fingerprint density at radius 3 is 1.97 bits per heavy atom. The molecule has 0 unspecified atom stereocenters. The van der Waals surface area contributed by atoms with Crippen LogP contribution in [0.25, 0.3) is 0 Å². The number of alkyl halides is 3. The summed E-state index contributed by atoms with van der Waals surface area (Å²) in [5.41, 5.74) is 5.74. The van der Waals surface area contributed by atoms with E-state index in [9.17, 15) is 22.8 Å². The summed E-state index contributed by atoms with van der Waals surface area (Å²) < 4.78 is 77.8. The van der Waals surface area contributed by atoms with E-state index < -0.39 is 11.7 Å². The first kappa shape index (κ1) is 57.5. The summed E-state index contributed by atoms with van der Waals surface area (Å²) in [6, 6.07) is 18.9. The van der Waals surface area contributed by atoms with E-state index >= 15 is 0 Å². The van der Waals surface area contributed by atoms with Crippen LogP contribution in [0, 0.1) is 0 Å². The molecule has 0 aromatic heterocycles. The molecule has 71 heavy (non-hydrogen) atoms. The second-order valence-corrected chi connectivity index (χ2v) is 17.8. The Balaban J connectivity index is 0.942. The maximum Gasteiger partial charge on any atom is 0.416 e. The number of ether oxygens (including phenoxy) is 7. The van der Waals surface area contributed by atoms with Gasteiger partial charge in [0.1, 0.15) is 0 Å². The number of allylic oxidation sites excluding steroid dienone is 1. The van der Waals surface area contributed by atoms with Gasteiger partial charge in [-0.15, -0.1) is 0 Å². The second kappa shape index (κ2) is 34.1. The summed E-state index contributed by atoms with van der Waals surface area (Å²) >= 11 is 1.62. The van der Waals surface area contributed by atoms with E-state index in [1.54, 1.807) is 23.9 Å². The van der Waals surface area contributed by atoms with Gasteiger partial charge < -0.3 is 59.1 Å². The van der Waals surface area contributed by atoms with E-state index in [1.807, 2.05) is 36.4 Å². The minimum Gasteiger partial charge on any atom is -0.394 e. The summed E-state index contributed by atoms with van der Waals surface area (Å²) in [7, 11) is 0. The molecule has 1 fully saturated rings. The number of amides is 2. The minimum atomic E-state index is -4.39. The highest BCUT2D eigenvalue weighted by atomic mass is 32.2. The molecular weight excluding hydrogens is 944 g/mol. The third-order valence-electron chi connectivity index (χ3n) is 11.2. The molecule has 19 heteroatoms. The number of nitrogens with one attached hydrogen (secondary N) is 3. The summed E-state index contributed by atoms with van der Waals surface area (Å²) in [6.07, 6.45) is 2.14. The standard InChI is InChI=1S/C52H72F3N5O10S/c53-52(54,55)45-9-5-6-41(35-45)38-56-39-42-12-14-57-49(36-42)47-37-46(60-16-2-1-3-17-60)10-11-48(47)59-51(63)44-8-4-7-43(34-44)40-71-33-13-50(62)58-15-19-64-21-23-66-25-27-68-29-31-70-32-30-69-28-26-67-24-22-65-20-18-61/h4-11,34-37,56,61H,1-3,12-33,38-40H2,(H,58,62)(H,59,63). The van der Waals surface area contributed by atoms with E-state index in [-0.39, 0.29) is 18.4 Å². The number of benzene rings is 3. The Labute approximate surface area is 420 Å². The Morgan fingerprint density at radius 1 is 0.704 bits per heavy atom. The Bertz CT molecular complexity index is 2070. The minimum absolute atomic E-state index is 0.00645. The van der Waals surface area contributed by atoms with Crippen LogP contribution in [0.2, 0.25) is 0 Å². The second-order valence-electron chi connectivity index (χ2n) is 16.7. The number of piperidine rings is 1. The van der Waals surface area contributed by atoms with Crippen LogP contribution < -0.4 is 20.9 Å².